The maximum Gasteiger partial charge on any atom is 0.335 e. The van der Waals surface area contributed by atoms with Crippen molar-refractivity contribution < 1.29 is 22.0 Å². The predicted molar refractivity (Wildman–Crippen MR) is 103 cm³/mol. The van der Waals surface area contributed by atoms with Gasteiger partial charge in [0.2, 0.25) is 0 Å². The molecule has 26 heavy (non-hydrogen) atoms. The van der Waals surface area contributed by atoms with Gasteiger partial charge in [0.15, 0.2) is 0 Å². The topological polar surface area (TPSA) is 81.7 Å². The van der Waals surface area contributed by atoms with E-state index in [2.05, 4.69) is 4.72 Å². The fraction of sp³-hybridized carbons (Fsp3) is 0.294. The van der Waals surface area contributed by atoms with Crippen molar-refractivity contribution >= 4 is 34.9 Å². The second-order valence-corrected chi connectivity index (χ2v) is 9.45. The molecule has 2 rings (SSSR count). The van der Waals surface area contributed by atoms with Crippen molar-refractivity contribution in [3.63, 3.8) is 0 Å². The molecule has 142 valence electrons. The zero-order chi connectivity index (χ0) is 19.2. The molecule has 0 aromatic heterocycles. The molecule has 6 nitrogen and oxygen atoms in total. The summed E-state index contributed by atoms with van der Waals surface area (Å²) >= 11 is 5.95. The molecule has 0 heterocycles. The van der Waals surface area contributed by atoms with Crippen LogP contribution in [0.25, 0.3) is 0 Å². The van der Waals surface area contributed by atoms with Crippen molar-refractivity contribution in [1.82, 2.24) is 0 Å². The minimum atomic E-state index is -3.80. The Morgan fingerprint density at radius 1 is 1.00 bits per heavy atom. The monoisotopic (exact) mass is 417 g/mol. The summed E-state index contributed by atoms with van der Waals surface area (Å²) in [7, 11) is -7.00. The Morgan fingerprint density at radius 2 is 1.58 bits per heavy atom. The average Bonchev–Trinajstić information content (AvgIpc) is 2.57. The van der Waals surface area contributed by atoms with Gasteiger partial charge in [0.05, 0.1) is 24.4 Å². The van der Waals surface area contributed by atoms with Crippen molar-refractivity contribution in [2.24, 2.45) is 0 Å². The van der Waals surface area contributed by atoms with E-state index in [1.165, 1.54) is 12.1 Å². The molecule has 0 aliphatic rings. The number of benzene rings is 2. The van der Waals surface area contributed by atoms with Crippen molar-refractivity contribution in [3.05, 3.63) is 59.1 Å². The van der Waals surface area contributed by atoms with Gasteiger partial charge in [-0.1, -0.05) is 35.9 Å². The predicted octanol–water partition coefficient (Wildman–Crippen LogP) is 4.91. The summed E-state index contributed by atoms with van der Waals surface area (Å²) in [6.45, 7) is 4.07. The van der Waals surface area contributed by atoms with Crippen LogP contribution in [0.2, 0.25) is 5.02 Å². The lowest BCUT2D eigenvalue weighted by Crippen LogP contribution is -2.13. The van der Waals surface area contributed by atoms with Gasteiger partial charge in [-0.3, -0.25) is 9.29 Å². The van der Waals surface area contributed by atoms with E-state index in [0.29, 0.717) is 5.69 Å². The van der Waals surface area contributed by atoms with E-state index in [0.717, 1.165) is 5.56 Å². The Balaban J connectivity index is 2.15. The SMILES string of the molecule is CCOP(=O)(Cc1ccc(NS(=O)(=O)c2ccccc2Cl)cc1)OCC. The molecule has 0 saturated heterocycles. The number of anilines is 1. The highest BCUT2D eigenvalue weighted by atomic mass is 35.5. The summed E-state index contributed by atoms with van der Waals surface area (Å²) in [6.07, 6.45) is 0.117. The number of rotatable bonds is 9. The largest absolute Gasteiger partial charge is 0.335 e. The fourth-order valence-electron chi connectivity index (χ4n) is 2.30. The molecule has 2 aromatic carbocycles. The quantitative estimate of drug-likeness (QED) is 0.586. The van der Waals surface area contributed by atoms with E-state index in [-0.39, 0.29) is 29.3 Å². The smallest absolute Gasteiger partial charge is 0.309 e. The van der Waals surface area contributed by atoms with E-state index in [1.807, 2.05) is 0 Å². The Kier molecular flexibility index (Phi) is 7.26. The standard InChI is InChI=1S/C17H21ClNO5PS/c1-3-23-25(20,24-4-2)13-14-9-11-15(12-10-14)19-26(21,22)17-8-6-5-7-16(17)18/h5-12,19H,3-4,13H2,1-2H3. The second kappa shape index (κ2) is 9.02. The lowest BCUT2D eigenvalue weighted by Gasteiger charge is -2.17. The molecule has 0 atom stereocenters. The molecule has 0 radical (unpaired) electrons. The first-order valence-corrected chi connectivity index (χ1v) is 11.6. The molecular weight excluding hydrogens is 397 g/mol. The molecular formula is C17H21ClNO5PS. The van der Waals surface area contributed by atoms with Crippen LogP contribution in [-0.4, -0.2) is 21.6 Å². The van der Waals surface area contributed by atoms with Crippen LogP contribution in [0, 0.1) is 0 Å². The number of hydrogen-bond acceptors (Lipinski definition) is 5. The highest BCUT2D eigenvalue weighted by molar-refractivity contribution is 7.92. The van der Waals surface area contributed by atoms with Crippen LogP contribution in [0.3, 0.4) is 0 Å². The van der Waals surface area contributed by atoms with E-state index in [4.69, 9.17) is 20.6 Å². The summed E-state index contributed by atoms with van der Waals surface area (Å²) < 4.78 is 50.4. The average molecular weight is 418 g/mol. The lowest BCUT2D eigenvalue weighted by atomic mass is 10.2. The third-order valence-electron chi connectivity index (χ3n) is 3.36. The number of hydrogen-bond donors (Lipinski definition) is 1. The van der Waals surface area contributed by atoms with Crippen LogP contribution in [0.15, 0.2) is 53.4 Å². The summed E-state index contributed by atoms with van der Waals surface area (Å²) in [4.78, 5) is 0.00272. The molecule has 0 unspecified atom stereocenters. The first-order chi connectivity index (χ1) is 12.3. The number of halogens is 1. The molecule has 2 aromatic rings. The Morgan fingerprint density at radius 3 is 2.12 bits per heavy atom. The Hall–Kier alpha value is -1.37. The molecule has 0 aliphatic carbocycles. The molecule has 0 aliphatic heterocycles. The van der Waals surface area contributed by atoms with Crippen LogP contribution in [0.4, 0.5) is 5.69 Å². The number of nitrogens with one attached hydrogen (secondary N) is 1. The Bertz CT molecular complexity index is 876. The van der Waals surface area contributed by atoms with Gasteiger partial charge >= 0.3 is 7.60 Å². The molecule has 0 amide bonds. The van der Waals surface area contributed by atoms with E-state index >= 15 is 0 Å². The molecule has 0 bridgehead atoms. The van der Waals surface area contributed by atoms with Crippen molar-refractivity contribution in [2.45, 2.75) is 24.9 Å². The molecule has 0 saturated carbocycles. The van der Waals surface area contributed by atoms with Crippen molar-refractivity contribution in [3.8, 4) is 0 Å². The van der Waals surface area contributed by atoms with Gasteiger partial charge in [-0.15, -0.1) is 0 Å². The van der Waals surface area contributed by atoms with Gasteiger partial charge < -0.3 is 9.05 Å². The van der Waals surface area contributed by atoms with Crippen molar-refractivity contribution in [2.75, 3.05) is 17.9 Å². The third-order valence-corrected chi connectivity index (χ3v) is 7.30. The van der Waals surface area contributed by atoms with E-state index in [9.17, 15) is 13.0 Å². The molecule has 0 spiro atoms. The normalized spacial score (nSPS) is 12.1. The van der Waals surface area contributed by atoms with Gasteiger partial charge in [0.25, 0.3) is 10.0 Å². The maximum absolute atomic E-state index is 12.5. The number of sulfonamides is 1. The second-order valence-electron chi connectivity index (χ2n) is 5.34. The molecule has 1 N–H and O–H groups in total. The van der Waals surface area contributed by atoms with Crippen LogP contribution >= 0.6 is 19.2 Å². The summed E-state index contributed by atoms with van der Waals surface area (Å²) in [5.41, 5.74) is 1.09. The van der Waals surface area contributed by atoms with Crippen LogP contribution < -0.4 is 4.72 Å². The maximum atomic E-state index is 12.5. The van der Waals surface area contributed by atoms with Gasteiger partial charge in [0, 0.05) is 5.69 Å². The minimum absolute atomic E-state index is 0.00272. The molecule has 9 heteroatoms. The van der Waals surface area contributed by atoms with Crippen LogP contribution in [-0.2, 0) is 29.8 Å². The first-order valence-electron chi connectivity index (χ1n) is 8.04. The first kappa shape index (κ1) is 20.9. The van der Waals surface area contributed by atoms with Gasteiger partial charge in [-0.05, 0) is 43.7 Å². The van der Waals surface area contributed by atoms with E-state index < -0.39 is 17.6 Å². The summed E-state index contributed by atoms with van der Waals surface area (Å²) in [5, 5.41) is 0.144. The van der Waals surface area contributed by atoms with Crippen LogP contribution in [0.5, 0.6) is 0 Å². The van der Waals surface area contributed by atoms with Crippen LogP contribution in [0.1, 0.15) is 19.4 Å². The summed E-state index contributed by atoms with van der Waals surface area (Å²) in [6, 6.07) is 12.7. The highest BCUT2D eigenvalue weighted by Crippen LogP contribution is 2.51. The highest BCUT2D eigenvalue weighted by Gasteiger charge is 2.24. The van der Waals surface area contributed by atoms with Gasteiger partial charge in [-0.2, -0.15) is 0 Å². The van der Waals surface area contributed by atoms with Gasteiger partial charge in [-0.25, -0.2) is 8.42 Å². The zero-order valence-electron chi connectivity index (χ0n) is 14.5. The van der Waals surface area contributed by atoms with E-state index in [1.54, 1.807) is 50.2 Å². The Labute approximate surface area is 159 Å². The lowest BCUT2D eigenvalue weighted by molar-refractivity contribution is 0.219. The zero-order valence-corrected chi connectivity index (χ0v) is 17.0. The van der Waals surface area contributed by atoms with Gasteiger partial charge in [0.1, 0.15) is 4.90 Å². The molecule has 0 fully saturated rings. The summed E-state index contributed by atoms with van der Waals surface area (Å²) in [5.74, 6) is 0. The fourth-order valence-corrected chi connectivity index (χ4v) is 5.58. The minimum Gasteiger partial charge on any atom is -0.309 e. The third kappa shape index (κ3) is 5.56. The van der Waals surface area contributed by atoms with Crippen molar-refractivity contribution in [1.29, 1.82) is 0 Å².